The number of hydrogen-bond donors (Lipinski definition) is 0. The van der Waals surface area contributed by atoms with Crippen LogP contribution in [-0.4, -0.2) is 33.7 Å². The van der Waals surface area contributed by atoms with Crippen LogP contribution in [0.1, 0.15) is 41.6 Å². The molecular formula is C20H23N3OS. The van der Waals surface area contributed by atoms with E-state index in [9.17, 15) is 4.79 Å². The monoisotopic (exact) mass is 353 g/mol. The van der Waals surface area contributed by atoms with Crippen molar-refractivity contribution < 1.29 is 4.79 Å². The molecule has 0 atom stereocenters. The lowest BCUT2D eigenvalue weighted by atomic mass is 10.2. The molecule has 0 aliphatic heterocycles. The number of thiophene rings is 1. The van der Waals surface area contributed by atoms with Crippen molar-refractivity contribution in [3.8, 4) is 5.69 Å². The molecule has 1 aromatic carbocycles. The van der Waals surface area contributed by atoms with E-state index in [0.717, 1.165) is 46.0 Å². The molecule has 5 heteroatoms. The number of carbonyl (C=O) groups is 1. The van der Waals surface area contributed by atoms with Gasteiger partial charge in [0, 0.05) is 18.5 Å². The fourth-order valence-corrected chi connectivity index (χ4v) is 4.36. The van der Waals surface area contributed by atoms with Crippen LogP contribution in [0.5, 0.6) is 0 Å². The minimum absolute atomic E-state index is 0.175. The van der Waals surface area contributed by atoms with Gasteiger partial charge in [0.05, 0.1) is 16.3 Å². The molecule has 1 fully saturated rings. The molecule has 1 amide bonds. The van der Waals surface area contributed by atoms with Crippen LogP contribution in [0.4, 0.5) is 0 Å². The molecular weight excluding hydrogens is 330 g/mol. The van der Waals surface area contributed by atoms with Gasteiger partial charge in [-0.15, -0.1) is 11.3 Å². The standard InChI is InChI=1S/C20H23N3OS/c1-3-11-22(13-15-9-10-15)19(24)18-12-17-14(2)21-23(20(17)25-18)16-7-5-4-6-8-16/h4-8,12,15H,3,9-11,13H2,1-2H3. The molecule has 0 unspecified atom stereocenters. The van der Waals surface area contributed by atoms with Crippen molar-refractivity contribution in [2.24, 2.45) is 5.92 Å². The number of para-hydroxylation sites is 1. The van der Waals surface area contributed by atoms with Gasteiger partial charge in [-0.3, -0.25) is 4.79 Å². The molecule has 0 spiro atoms. The van der Waals surface area contributed by atoms with Crippen LogP contribution in [0.2, 0.25) is 0 Å². The van der Waals surface area contributed by atoms with E-state index in [-0.39, 0.29) is 5.91 Å². The SMILES string of the molecule is CCCN(CC1CC1)C(=O)c1cc2c(C)nn(-c3ccccc3)c2s1. The Morgan fingerprint density at radius 2 is 2.08 bits per heavy atom. The van der Waals surface area contributed by atoms with Crippen LogP contribution in [0.25, 0.3) is 15.9 Å². The molecule has 4 rings (SSSR count). The Bertz CT molecular complexity index is 892. The molecule has 0 radical (unpaired) electrons. The molecule has 1 aliphatic rings. The van der Waals surface area contributed by atoms with E-state index < -0.39 is 0 Å². The molecule has 0 saturated heterocycles. The topological polar surface area (TPSA) is 38.1 Å². The Hall–Kier alpha value is -2.14. The first-order valence-corrected chi connectivity index (χ1v) is 9.83. The Balaban J connectivity index is 1.69. The minimum atomic E-state index is 0.175. The highest BCUT2D eigenvalue weighted by Crippen LogP contribution is 2.33. The minimum Gasteiger partial charge on any atom is -0.338 e. The van der Waals surface area contributed by atoms with Crippen molar-refractivity contribution in [1.82, 2.24) is 14.7 Å². The fraction of sp³-hybridized carbons (Fsp3) is 0.400. The molecule has 4 nitrogen and oxygen atoms in total. The number of benzene rings is 1. The lowest BCUT2D eigenvalue weighted by molar-refractivity contribution is 0.0752. The number of carbonyl (C=O) groups excluding carboxylic acids is 1. The highest BCUT2D eigenvalue weighted by atomic mass is 32.1. The average Bonchev–Trinajstić information content (AvgIpc) is 3.25. The van der Waals surface area contributed by atoms with Crippen molar-refractivity contribution in [3.05, 3.63) is 47.0 Å². The number of aromatic nitrogens is 2. The van der Waals surface area contributed by atoms with E-state index >= 15 is 0 Å². The van der Waals surface area contributed by atoms with E-state index in [1.807, 2.05) is 52.9 Å². The maximum atomic E-state index is 13.0. The average molecular weight is 353 g/mol. The molecule has 2 heterocycles. The molecule has 130 valence electrons. The van der Waals surface area contributed by atoms with Crippen LogP contribution in [0.15, 0.2) is 36.4 Å². The van der Waals surface area contributed by atoms with Gasteiger partial charge in [-0.25, -0.2) is 4.68 Å². The van der Waals surface area contributed by atoms with Crippen molar-refractivity contribution in [1.29, 1.82) is 0 Å². The molecule has 1 saturated carbocycles. The number of fused-ring (bicyclic) bond motifs is 1. The summed E-state index contributed by atoms with van der Waals surface area (Å²) in [7, 11) is 0. The van der Waals surface area contributed by atoms with Gasteiger partial charge in [-0.05, 0) is 50.3 Å². The molecule has 0 N–H and O–H groups in total. The summed E-state index contributed by atoms with van der Waals surface area (Å²) in [5.41, 5.74) is 2.00. The summed E-state index contributed by atoms with van der Waals surface area (Å²) >= 11 is 1.56. The van der Waals surface area contributed by atoms with Crippen LogP contribution >= 0.6 is 11.3 Å². The van der Waals surface area contributed by atoms with E-state index in [2.05, 4.69) is 12.0 Å². The van der Waals surface area contributed by atoms with Crippen molar-refractivity contribution in [3.63, 3.8) is 0 Å². The first-order chi connectivity index (χ1) is 12.2. The van der Waals surface area contributed by atoms with E-state index in [1.54, 1.807) is 11.3 Å². The van der Waals surface area contributed by atoms with Crippen LogP contribution < -0.4 is 0 Å². The van der Waals surface area contributed by atoms with Crippen molar-refractivity contribution in [2.45, 2.75) is 33.1 Å². The van der Waals surface area contributed by atoms with E-state index in [0.29, 0.717) is 5.92 Å². The maximum Gasteiger partial charge on any atom is 0.264 e. The zero-order valence-electron chi connectivity index (χ0n) is 14.7. The zero-order valence-corrected chi connectivity index (χ0v) is 15.6. The van der Waals surface area contributed by atoms with Crippen molar-refractivity contribution in [2.75, 3.05) is 13.1 Å². The Kier molecular flexibility index (Phi) is 4.34. The third-order valence-electron chi connectivity index (χ3n) is 4.71. The van der Waals surface area contributed by atoms with E-state index in [1.165, 1.54) is 12.8 Å². The molecule has 0 bridgehead atoms. The van der Waals surface area contributed by atoms with E-state index in [4.69, 9.17) is 0 Å². The second-order valence-electron chi connectivity index (χ2n) is 6.86. The summed E-state index contributed by atoms with van der Waals surface area (Å²) in [6.45, 7) is 5.89. The molecule has 3 aromatic rings. The summed E-state index contributed by atoms with van der Waals surface area (Å²) < 4.78 is 1.96. The van der Waals surface area contributed by atoms with Gasteiger partial charge >= 0.3 is 0 Å². The summed E-state index contributed by atoms with van der Waals surface area (Å²) in [6, 6.07) is 12.1. The third-order valence-corrected chi connectivity index (χ3v) is 5.81. The third kappa shape index (κ3) is 3.21. The summed E-state index contributed by atoms with van der Waals surface area (Å²) in [5.74, 6) is 0.889. The Morgan fingerprint density at radius 3 is 2.76 bits per heavy atom. The van der Waals surface area contributed by atoms with Crippen LogP contribution in [0, 0.1) is 12.8 Å². The molecule has 2 aromatic heterocycles. The lowest BCUT2D eigenvalue weighted by Crippen LogP contribution is -2.33. The summed E-state index contributed by atoms with van der Waals surface area (Å²) in [5, 5.41) is 5.75. The second-order valence-corrected chi connectivity index (χ2v) is 7.89. The predicted octanol–water partition coefficient (Wildman–Crippen LogP) is 4.66. The summed E-state index contributed by atoms with van der Waals surface area (Å²) in [6.07, 6.45) is 3.53. The molecule has 25 heavy (non-hydrogen) atoms. The van der Waals surface area contributed by atoms with Gasteiger partial charge in [0.2, 0.25) is 0 Å². The normalized spacial score (nSPS) is 14.2. The Labute approximate surface area is 152 Å². The maximum absolute atomic E-state index is 13.0. The van der Waals surface area contributed by atoms with Gasteiger partial charge in [0.1, 0.15) is 4.83 Å². The second kappa shape index (κ2) is 6.64. The predicted molar refractivity (Wildman–Crippen MR) is 103 cm³/mol. The van der Waals surface area contributed by atoms with Gasteiger partial charge in [-0.2, -0.15) is 5.10 Å². The highest BCUT2D eigenvalue weighted by Gasteiger charge is 2.28. The fourth-order valence-electron chi connectivity index (χ4n) is 3.21. The van der Waals surface area contributed by atoms with Gasteiger partial charge in [0.25, 0.3) is 5.91 Å². The van der Waals surface area contributed by atoms with Crippen molar-refractivity contribution >= 4 is 27.5 Å². The highest BCUT2D eigenvalue weighted by molar-refractivity contribution is 7.20. The smallest absolute Gasteiger partial charge is 0.264 e. The van der Waals surface area contributed by atoms with Gasteiger partial charge in [0.15, 0.2) is 0 Å². The lowest BCUT2D eigenvalue weighted by Gasteiger charge is -2.21. The quantitative estimate of drug-likeness (QED) is 0.646. The molecule has 1 aliphatic carbocycles. The number of amides is 1. The number of aryl methyl sites for hydroxylation is 1. The number of hydrogen-bond acceptors (Lipinski definition) is 3. The Morgan fingerprint density at radius 1 is 1.32 bits per heavy atom. The summed E-state index contributed by atoms with van der Waals surface area (Å²) in [4.78, 5) is 17.0. The number of nitrogens with zero attached hydrogens (tertiary/aromatic N) is 3. The zero-order chi connectivity index (χ0) is 17.4. The van der Waals surface area contributed by atoms with Crippen LogP contribution in [-0.2, 0) is 0 Å². The first-order valence-electron chi connectivity index (χ1n) is 9.01. The largest absolute Gasteiger partial charge is 0.338 e. The van der Waals surface area contributed by atoms with Gasteiger partial charge < -0.3 is 4.90 Å². The van der Waals surface area contributed by atoms with Gasteiger partial charge in [-0.1, -0.05) is 25.1 Å². The first kappa shape index (κ1) is 16.3. The van der Waals surface area contributed by atoms with Crippen LogP contribution in [0.3, 0.4) is 0 Å². The number of rotatable bonds is 6.